The number of rotatable bonds is 4. The number of benzene rings is 1. The monoisotopic (exact) mass is 320 g/mol. The van der Waals surface area contributed by atoms with Crippen LogP contribution in [0.5, 0.6) is 5.75 Å². The van der Waals surface area contributed by atoms with Gasteiger partial charge in [-0.05, 0) is 34.1 Å². The van der Waals surface area contributed by atoms with Crippen LogP contribution in [0, 0.1) is 0 Å². The Kier molecular flexibility index (Phi) is 4.62. The Morgan fingerprint density at radius 2 is 2.14 bits per heavy atom. The highest BCUT2D eigenvalue weighted by molar-refractivity contribution is 9.11. The van der Waals surface area contributed by atoms with E-state index < -0.39 is 0 Å². The van der Waals surface area contributed by atoms with Gasteiger partial charge in [0.1, 0.15) is 12.4 Å². The van der Waals surface area contributed by atoms with Gasteiger partial charge in [-0.1, -0.05) is 22.9 Å². The van der Waals surface area contributed by atoms with Gasteiger partial charge >= 0.3 is 0 Å². The fourth-order valence-electron chi connectivity index (χ4n) is 0.853. The molecule has 1 aromatic carbocycles. The molecule has 0 fully saturated rings. The summed E-state index contributed by atoms with van der Waals surface area (Å²) in [6, 6.07) is 5.57. The molecule has 0 bridgehead atoms. The molecule has 1 rings (SSSR count). The second-order valence-electron chi connectivity index (χ2n) is 2.76. The Morgan fingerprint density at radius 3 is 2.71 bits per heavy atom. The van der Waals surface area contributed by atoms with Crippen molar-refractivity contribution < 1.29 is 9.53 Å². The summed E-state index contributed by atoms with van der Waals surface area (Å²) in [7, 11) is 0. The average molecular weight is 322 g/mol. The first-order chi connectivity index (χ1) is 6.63. The van der Waals surface area contributed by atoms with Crippen LogP contribution in [0.2, 0.25) is 0 Å². The summed E-state index contributed by atoms with van der Waals surface area (Å²) >= 11 is 6.69. The fourth-order valence-corrected chi connectivity index (χ4v) is 2.01. The Morgan fingerprint density at radius 1 is 1.43 bits per heavy atom. The highest BCUT2D eigenvalue weighted by Crippen LogP contribution is 2.28. The SMILES string of the molecule is CCC(=O)COc1ccc(Br)cc1Br. The zero-order valence-corrected chi connectivity index (χ0v) is 10.9. The third kappa shape index (κ3) is 3.42. The molecule has 76 valence electrons. The van der Waals surface area contributed by atoms with Crippen molar-refractivity contribution in [3.05, 3.63) is 27.1 Å². The van der Waals surface area contributed by atoms with Crippen LogP contribution in [0.3, 0.4) is 0 Å². The minimum atomic E-state index is 0.0971. The van der Waals surface area contributed by atoms with Crippen LogP contribution in [0.4, 0.5) is 0 Å². The summed E-state index contributed by atoms with van der Waals surface area (Å²) in [5.41, 5.74) is 0. The predicted molar refractivity (Wildman–Crippen MR) is 62.6 cm³/mol. The molecule has 0 spiro atoms. The minimum Gasteiger partial charge on any atom is -0.485 e. The molecule has 0 saturated heterocycles. The molecule has 0 aliphatic heterocycles. The Hall–Kier alpha value is -0.350. The summed E-state index contributed by atoms with van der Waals surface area (Å²) in [5.74, 6) is 0.787. The maximum absolute atomic E-state index is 11.0. The second kappa shape index (κ2) is 5.51. The van der Waals surface area contributed by atoms with E-state index in [1.807, 2.05) is 25.1 Å². The van der Waals surface area contributed by atoms with Crippen LogP contribution in [-0.4, -0.2) is 12.4 Å². The van der Waals surface area contributed by atoms with Crippen molar-refractivity contribution in [2.24, 2.45) is 0 Å². The van der Waals surface area contributed by atoms with Crippen molar-refractivity contribution in [2.75, 3.05) is 6.61 Å². The largest absolute Gasteiger partial charge is 0.485 e. The maximum atomic E-state index is 11.0. The van der Waals surface area contributed by atoms with E-state index in [9.17, 15) is 4.79 Å². The lowest BCUT2D eigenvalue weighted by Gasteiger charge is -2.06. The van der Waals surface area contributed by atoms with Crippen LogP contribution in [0.25, 0.3) is 0 Å². The molecule has 0 radical (unpaired) electrons. The van der Waals surface area contributed by atoms with Gasteiger partial charge in [-0.15, -0.1) is 0 Å². The van der Waals surface area contributed by atoms with E-state index in [1.165, 1.54) is 0 Å². The molecular formula is C10H10Br2O2. The lowest BCUT2D eigenvalue weighted by Crippen LogP contribution is -2.09. The summed E-state index contributed by atoms with van der Waals surface area (Å²) in [5, 5.41) is 0. The Labute approximate surface area is 99.9 Å². The number of hydrogen-bond acceptors (Lipinski definition) is 2. The molecule has 0 unspecified atom stereocenters. The zero-order valence-electron chi connectivity index (χ0n) is 7.72. The molecule has 14 heavy (non-hydrogen) atoms. The van der Waals surface area contributed by atoms with E-state index in [4.69, 9.17) is 4.74 Å². The van der Waals surface area contributed by atoms with Crippen LogP contribution in [0.1, 0.15) is 13.3 Å². The van der Waals surface area contributed by atoms with Gasteiger partial charge in [-0.3, -0.25) is 4.79 Å². The quantitative estimate of drug-likeness (QED) is 0.847. The smallest absolute Gasteiger partial charge is 0.169 e. The van der Waals surface area contributed by atoms with Gasteiger partial charge in [0.05, 0.1) is 4.47 Å². The second-order valence-corrected chi connectivity index (χ2v) is 4.53. The normalized spacial score (nSPS) is 9.93. The number of carbonyl (C=O) groups excluding carboxylic acids is 1. The highest BCUT2D eigenvalue weighted by atomic mass is 79.9. The molecule has 0 atom stereocenters. The number of hydrogen-bond donors (Lipinski definition) is 0. The van der Waals surface area contributed by atoms with Crippen molar-refractivity contribution in [1.82, 2.24) is 0 Å². The van der Waals surface area contributed by atoms with Gasteiger partial charge in [0.25, 0.3) is 0 Å². The van der Waals surface area contributed by atoms with Gasteiger partial charge in [0.2, 0.25) is 0 Å². The number of carbonyl (C=O) groups is 1. The molecule has 1 aromatic rings. The molecule has 4 heteroatoms. The highest BCUT2D eigenvalue weighted by Gasteiger charge is 2.04. The number of ketones is 1. The fraction of sp³-hybridized carbons (Fsp3) is 0.300. The first kappa shape index (κ1) is 11.7. The lowest BCUT2D eigenvalue weighted by atomic mass is 10.3. The molecule has 0 aliphatic carbocycles. The molecule has 0 saturated carbocycles. The van der Waals surface area contributed by atoms with Crippen molar-refractivity contribution in [3.8, 4) is 5.75 Å². The number of Topliss-reactive ketones (excluding diaryl/α,β-unsaturated/α-hetero) is 1. The first-order valence-electron chi connectivity index (χ1n) is 4.23. The summed E-state index contributed by atoms with van der Waals surface area (Å²) < 4.78 is 7.14. The van der Waals surface area contributed by atoms with Crippen LogP contribution >= 0.6 is 31.9 Å². The van der Waals surface area contributed by atoms with E-state index in [0.29, 0.717) is 12.2 Å². The van der Waals surface area contributed by atoms with E-state index in [-0.39, 0.29) is 12.4 Å². The van der Waals surface area contributed by atoms with E-state index in [2.05, 4.69) is 31.9 Å². The molecule has 0 N–H and O–H groups in total. The molecule has 0 aromatic heterocycles. The zero-order chi connectivity index (χ0) is 10.6. The Balaban J connectivity index is 2.63. The summed E-state index contributed by atoms with van der Waals surface area (Å²) in [4.78, 5) is 11.0. The first-order valence-corrected chi connectivity index (χ1v) is 5.81. The summed E-state index contributed by atoms with van der Waals surface area (Å²) in [6.07, 6.45) is 0.508. The van der Waals surface area contributed by atoms with E-state index in [0.717, 1.165) is 8.95 Å². The summed E-state index contributed by atoms with van der Waals surface area (Å²) in [6.45, 7) is 1.96. The Bertz CT molecular complexity index is 337. The molecule has 0 heterocycles. The van der Waals surface area contributed by atoms with Crippen LogP contribution < -0.4 is 4.74 Å². The average Bonchev–Trinajstić information content (AvgIpc) is 2.16. The van der Waals surface area contributed by atoms with Gasteiger partial charge in [-0.2, -0.15) is 0 Å². The van der Waals surface area contributed by atoms with Gasteiger partial charge in [0.15, 0.2) is 5.78 Å². The number of ether oxygens (including phenoxy) is 1. The maximum Gasteiger partial charge on any atom is 0.169 e. The lowest BCUT2D eigenvalue weighted by molar-refractivity contribution is -0.120. The van der Waals surface area contributed by atoms with Crippen molar-refractivity contribution in [1.29, 1.82) is 0 Å². The number of halogens is 2. The van der Waals surface area contributed by atoms with Crippen LogP contribution in [0.15, 0.2) is 27.1 Å². The third-order valence-corrected chi connectivity index (χ3v) is 2.79. The van der Waals surface area contributed by atoms with Gasteiger partial charge in [-0.25, -0.2) is 0 Å². The molecule has 0 aliphatic rings. The molecule has 2 nitrogen and oxygen atoms in total. The van der Waals surface area contributed by atoms with Crippen molar-refractivity contribution in [3.63, 3.8) is 0 Å². The topological polar surface area (TPSA) is 26.3 Å². The van der Waals surface area contributed by atoms with Gasteiger partial charge in [0, 0.05) is 10.9 Å². The third-order valence-electron chi connectivity index (χ3n) is 1.68. The van der Waals surface area contributed by atoms with Gasteiger partial charge < -0.3 is 4.74 Å². The molecular weight excluding hydrogens is 312 g/mol. The minimum absolute atomic E-state index is 0.0971. The van der Waals surface area contributed by atoms with Crippen LogP contribution in [-0.2, 0) is 4.79 Å². The molecule has 0 amide bonds. The predicted octanol–water partition coefficient (Wildman–Crippen LogP) is 3.57. The standard InChI is InChI=1S/C10H10Br2O2/c1-2-8(13)6-14-10-4-3-7(11)5-9(10)12/h3-5H,2,6H2,1H3. The van der Waals surface area contributed by atoms with Crippen molar-refractivity contribution in [2.45, 2.75) is 13.3 Å². The van der Waals surface area contributed by atoms with Crippen molar-refractivity contribution >= 4 is 37.6 Å². The van der Waals surface area contributed by atoms with E-state index in [1.54, 1.807) is 0 Å². The van der Waals surface area contributed by atoms with E-state index >= 15 is 0 Å².